The summed E-state index contributed by atoms with van der Waals surface area (Å²) in [6.45, 7) is 2.53. The topological polar surface area (TPSA) is 107 Å². The highest BCUT2D eigenvalue weighted by molar-refractivity contribution is 7.89. The summed E-state index contributed by atoms with van der Waals surface area (Å²) in [6, 6.07) is 5.70. The lowest BCUT2D eigenvalue weighted by Crippen LogP contribution is -2.47. The third-order valence-electron chi connectivity index (χ3n) is 4.56. The van der Waals surface area contributed by atoms with Crippen LogP contribution in [0, 0.1) is 5.92 Å². The number of likely N-dealkylation sites (tertiary alicyclic amines) is 1. The van der Waals surface area contributed by atoms with Gasteiger partial charge < -0.3 is 15.3 Å². The van der Waals surface area contributed by atoms with Gasteiger partial charge in [0.1, 0.15) is 0 Å². The fourth-order valence-corrected chi connectivity index (χ4v) is 3.76. The molecule has 1 aliphatic rings. The molecule has 0 radical (unpaired) electrons. The molecule has 1 heterocycles. The quantitative estimate of drug-likeness (QED) is 0.801. The summed E-state index contributed by atoms with van der Waals surface area (Å²) in [6.07, 6.45) is 1.24. The first-order valence-electron chi connectivity index (χ1n) is 8.43. The molecular weight excluding hydrogens is 358 g/mol. The third kappa shape index (κ3) is 4.53. The smallest absolute Gasteiger partial charge is 0.317 e. The minimum Gasteiger partial charge on any atom is -0.481 e. The molecule has 144 valence electrons. The van der Waals surface area contributed by atoms with Crippen molar-refractivity contribution >= 4 is 22.0 Å². The van der Waals surface area contributed by atoms with Gasteiger partial charge in [0.05, 0.1) is 16.9 Å². The second kappa shape index (κ2) is 8.05. The predicted molar refractivity (Wildman–Crippen MR) is 96.2 cm³/mol. The fourth-order valence-electron chi connectivity index (χ4n) is 2.86. The lowest BCUT2D eigenvalue weighted by molar-refractivity contribution is -0.143. The maximum atomic E-state index is 12.4. The van der Waals surface area contributed by atoms with E-state index in [1.54, 1.807) is 19.1 Å². The van der Waals surface area contributed by atoms with Gasteiger partial charge in [0, 0.05) is 27.2 Å². The molecule has 1 saturated heterocycles. The number of piperidine rings is 1. The van der Waals surface area contributed by atoms with Crippen LogP contribution in [0.3, 0.4) is 0 Å². The van der Waals surface area contributed by atoms with Gasteiger partial charge >= 0.3 is 12.0 Å². The van der Waals surface area contributed by atoms with Crippen molar-refractivity contribution in [2.24, 2.45) is 5.92 Å². The van der Waals surface area contributed by atoms with Gasteiger partial charge in [-0.05, 0) is 37.5 Å². The number of carbonyl (C=O) groups is 2. The van der Waals surface area contributed by atoms with Gasteiger partial charge in [-0.2, -0.15) is 0 Å². The number of sulfonamides is 1. The Morgan fingerprint density at radius 3 is 2.42 bits per heavy atom. The van der Waals surface area contributed by atoms with Gasteiger partial charge in [0.2, 0.25) is 10.0 Å². The van der Waals surface area contributed by atoms with Gasteiger partial charge in [-0.25, -0.2) is 17.5 Å². The molecule has 26 heavy (non-hydrogen) atoms. The molecule has 2 atom stereocenters. The lowest BCUT2D eigenvalue weighted by atomic mass is 9.98. The normalized spacial score (nSPS) is 19.2. The van der Waals surface area contributed by atoms with E-state index in [-0.39, 0.29) is 23.5 Å². The summed E-state index contributed by atoms with van der Waals surface area (Å²) in [7, 11) is -0.557. The Kier molecular flexibility index (Phi) is 6.25. The highest BCUT2D eigenvalue weighted by Crippen LogP contribution is 2.20. The molecule has 2 N–H and O–H groups in total. The molecule has 0 aromatic heterocycles. The molecule has 0 spiro atoms. The molecule has 0 saturated carbocycles. The van der Waals surface area contributed by atoms with E-state index < -0.39 is 21.9 Å². The largest absolute Gasteiger partial charge is 0.481 e. The molecule has 0 aliphatic carbocycles. The molecule has 2 amide bonds. The van der Waals surface area contributed by atoms with Crippen molar-refractivity contribution in [1.82, 2.24) is 14.5 Å². The molecule has 8 nitrogen and oxygen atoms in total. The molecular formula is C17H25N3O5S. The molecule has 1 aromatic rings. The molecule has 1 aliphatic heterocycles. The predicted octanol–water partition coefficient (Wildman–Crippen LogP) is 1.50. The van der Waals surface area contributed by atoms with Crippen LogP contribution in [0.2, 0.25) is 0 Å². The van der Waals surface area contributed by atoms with E-state index in [4.69, 9.17) is 5.11 Å². The summed E-state index contributed by atoms with van der Waals surface area (Å²) in [5.74, 6) is -1.41. The third-order valence-corrected chi connectivity index (χ3v) is 6.39. The zero-order chi connectivity index (χ0) is 19.5. The number of aliphatic carboxylic acids is 1. The van der Waals surface area contributed by atoms with Crippen molar-refractivity contribution in [2.75, 3.05) is 27.2 Å². The highest BCUT2D eigenvalue weighted by atomic mass is 32.2. The summed E-state index contributed by atoms with van der Waals surface area (Å²) >= 11 is 0. The average molecular weight is 383 g/mol. The van der Waals surface area contributed by atoms with E-state index in [2.05, 4.69) is 5.32 Å². The number of carbonyl (C=O) groups excluding carboxylic acids is 1. The molecule has 0 bridgehead atoms. The zero-order valence-electron chi connectivity index (χ0n) is 15.2. The van der Waals surface area contributed by atoms with Crippen molar-refractivity contribution in [3.63, 3.8) is 0 Å². The first-order valence-corrected chi connectivity index (χ1v) is 9.87. The number of urea groups is 1. The number of carboxylic acid groups (broad SMARTS) is 1. The SMILES string of the molecule is CC(NC(=O)N1CCCC(C(=O)O)C1)c1ccc(S(=O)(=O)N(C)C)cc1. The second-order valence-corrected chi connectivity index (χ2v) is 8.80. The molecule has 1 aromatic carbocycles. The van der Waals surface area contributed by atoms with Crippen LogP contribution in [-0.4, -0.2) is 61.9 Å². The Balaban J connectivity index is 2.02. The first kappa shape index (κ1) is 20.2. The second-order valence-electron chi connectivity index (χ2n) is 6.65. The maximum absolute atomic E-state index is 12.4. The number of nitrogens with one attached hydrogen (secondary N) is 1. The van der Waals surface area contributed by atoms with Crippen LogP contribution in [0.15, 0.2) is 29.2 Å². The number of nitrogens with zero attached hydrogens (tertiary/aromatic N) is 2. The number of hydrogen-bond acceptors (Lipinski definition) is 4. The molecule has 2 unspecified atom stereocenters. The van der Waals surface area contributed by atoms with Crippen molar-refractivity contribution < 1.29 is 23.1 Å². The number of carboxylic acids is 1. The molecule has 1 fully saturated rings. The van der Waals surface area contributed by atoms with Crippen LogP contribution in [0.1, 0.15) is 31.4 Å². The van der Waals surface area contributed by atoms with Crippen LogP contribution in [0.4, 0.5) is 4.79 Å². The number of hydrogen-bond donors (Lipinski definition) is 2. The van der Waals surface area contributed by atoms with Gasteiger partial charge in [0.25, 0.3) is 0 Å². The minimum absolute atomic E-state index is 0.185. The van der Waals surface area contributed by atoms with E-state index >= 15 is 0 Å². The standard InChI is InChI=1S/C17H25N3O5S/c1-12(13-6-8-15(9-7-13)26(24,25)19(2)3)18-17(23)20-10-4-5-14(11-20)16(21)22/h6-9,12,14H,4-5,10-11H2,1-3H3,(H,18,23)(H,21,22). The Morgan fingerprint density at radius 1 is 1.27 bits per heavy atom. The summed E-state index contributed by atoms with van der Waals surface area (Å²) in [4.78, 5) is 25.2. The van der Waals surface area contributed by atoms with Gasteiger partial charge in [0.15, 0.2) is 0 Å². The number of amides is 2. The zero-order valence-corrected chi connectivity index (χ0v) is 16.0. The van der Waals surface area contributed by atoms with E-state index in [9.17, 15) is 18.0 Å². The summed E-state index contributed by atoms with van der Waals surface area (Å²) in [5.41, 5.74) is 0.767. The van der Waals surface area contributed by atoms with E-state index in [1.807, 2.05) is 0 Å². The molecule has 9 heteroatoms. The summed E-state index contributed by atoms with van der Waals surface area (Å²) in [5, 5.41) is 12.0. The van der Waals surface area contributed by atoms with Crippen LogP contribution >= 0.6 is 0 Å². The van der Waals surface area contributed by atoms with Crippen molar-refractivity contribution in [2.45, 2.75) is 30.7 Å². The Hall–Kier alpha value is -2.13. The number of rotatable bonds is 5. The Morgan fingerprint density at radius 2 is 1.88 bits per heavy atom. The van der Waals surface area contributed by atoms with Crippen molar-refractivity contribution in [3.05, 3.63) is 29.8 Å². The lowest BCUT2D eigenvalue weighted by Gasteiger charge is -2.31. The summed E-state index contributed by atoms with van der Waals surface area (Å²) < 4.78 is 25.3. The minimum atomic E-state index is -3.49. The van der Waals surface area contributed by atoms with Crippen LogP contribution in [-0.2, 0) is 14.8 Å². The van der Waals surface area contributed by atoms with Crippen LogP contribution in [0.5, 0.6) is 0 Å². The van der Waals surface area contributed by atoms with Crippen molar-refractivity contribution in [1.29, 1.82) is 0 Å². The van der Waals surface area contributed by atoms with E-state index in [1.165, 1.54) is 31.1 Å². The average Bonchev–Trinajstić information content (AvgIpc) is 2.61. The van der Waals surface area contributed by atoms with E-state index in [0.29, 0.717) is 19.4 Å². The van der Waals surface area contributed by atoms with Crippen LogP contribution in [0.25, 0.3) is 0 Å². The maximum Gasteiger partial charge on any atom is 0.317 e. The molecule has 2 rings (SSSR count). The van der Waals surface area contributed by atoms with Crippen LogP contribution < -0.4 is 5.32 Å². The Bertz CT molecular complexity index is 761. The van der Waals surface area contributed by atoms with E-state index in [0.717, 1.165) is 9.87 Å². The van der Waals surface area contributed by atoms with Crippen molar-refractivity contribution in [3.8, 4) is 0 Å². The van der Waals surface area contributed by atoms with Gasteiger partial charge in [-0.15, -0.1) is 0 Å². The van der Waals surface area contributed by atoms with Gasteiger partial charge in [-0.1, -0.05) is 12.1 Å². The first-order chi connectivity index (χ1) is 12.1. The van der Waals surface area contributed by atoms with Gasteiger partial charge in [-0.3, -0.25) is 4.79 Å². The fraction of sp³-hybridized carbons (Fsp3) is 0.529. The number of benzene rings is 1. The Labute approximate surface area is 153 Å². The monoisotopic (exact) mass is 383 g/mol. The highest BCUT2D eigenvalue weighted by Gasteiger charge is 2.28.